The van der Waals surface area contributed by atoms with Gasteiger partial charge in [0.25, 0.3) is 0 Å². The fourth-order valence-corrected chi connectivity index (χ4v) is 2.01. The molecule has 0 aliphatic heterocycles. The normalized spacial score (nSPS) is 13.9. The van der Waals surface area contributed by atoms with Gasteiger partial charge < -0.3 is 5.32 Å². The summed E-state index contributed by atoms with van der Waals surface area (Å²) in [5.74, 6) is 0.176. The molecule has 0 aliphatic rings. The highest BCUT2D eigenvalue weighted by Gasteiger charge is 2.14. The van der Waals surface area contributed by atoms with E-state index in [4.69, 9.17) is 11.6 Å². The zero-order valence-electron chi connectivity index (χ0n) is 11.2. The number of carbonyl (C=O) groups excluding carboxylic acids is 1. The Morgan fingerprint density at radius 3 is 2.61 bits per heavy atom. The van der Waals surface area contributed by atoms with Crippen molar-refractivity contribution < 1.29 is 4.79 Å². The van der Waals surface area contributed by atoms with Crippen LogP contribution in [0.4, 0.5) is 0 Å². The zero-order chi connectivity index (χ0) is 13.4. The maximum Gasteiger partial charge on any atom is 0.222 e. The zero-order valence-corrected chi connectivity index (χ0v) is 11.9. The van der Waals surface area contributed by atoms with Crippen molar-refractivity contribution in [3.05, 3.63) is 35.9 Å². The smallest absolute Gasteiger partial charge is 0.222 e. The first-order valence-electron chi connectivity index (χ1n) is 6.61. The highest BCUT2D eigenvalue weighted by atomic mass is 35.5. The van der Waals surface area contributed by atoms with Gasteiger partial charge in [-0.3, -0.25) is 4.79 Å². The van der Waals surface area contributed by atoms with Crippen LogP contribution in [0, 0.1) is 5.92 Å². The lowest BCUT2D eigenvalue weighted by atomic mass is 10.0. The molecule has 0 radical (unpaired) electrons. The van der Waals surface area contributed by atoms with Gasteiger partial charge >= 0.3 is 0 Å². The Morgan fingerprint density at radius 2 is 2.00 bits per heavy atom. The number of hydrogen-bond acceptors (Lipinski definition) is 1. The highest BCUT2D eigenvalue weighted by molar-refractivity contribution is 6.21. The van der Waals surface area contributed by atoms with Gasteiger partial charge in [0.05, 0.1) is 5.38 Å². The van der Waals surface area contributed by atoms with E-state index in [0.29, 0.717) is 6.54 Å². The molecule has 2 atom stereocenters. The van der Waals surface area contributed by atoms with E-state index in [1.165, 1.54) is 0 Å². The van der Waals surface area contributed by atoms with E-state index in [2.05, 4.69) is 12.2 Å². The molecule has 2 nitrogen and oxygen atoms in total. The molecule has 0 saturated carbocycles. The molecule has 0 aromatic heterocycles. The molecule has 1 aromatic rings. The molecular weight excluding hydrogens is 246 g/mol. The van der Waals surface area contributed by atoms with Crippen LogP contribution in [-0.4, -0.2) is 12.5 Å². The minimum absolute atomic E-state index is 0.0737. The van der Waals surface area contributed by atoms with Crippen LogP contribution < -0.4 is 5.32 Å². The molecule has 1 aromatic carbocycles. The van der Waals surface area contributed by atoms with Crippen molar-refractivity contribution >= 4 is 17.5 Å². The third-order valence-electron chi connectivity index (χ3n) is 3.06. The summed E-state index contributed by atoms with van der Waals surface area (Å²) in [7, 11) is 0. The lowest BCUT2D eigenvalue weighted by molar-refractivity contribution is -0.124. The summed E-state index contributed by atoms with van der Waals surface area (Å²) in [5, 5.41) is 2.76. The second-order valence-electron chi connectivity index (χ2n) is 4.67. The largest absolute Gasteiger partial charge is 0.354 e. The third kappa shape index (κ3) is 5.09. The van der Waals surface area contributed by atoms with Crippen molar-refractivity contribution in [3.8, 4) is 0 Å². The minimum atomic E-state index is -0.159. The first-order valence-corrected chi connectivity index (χ1v) is 7.05. The molecule has 0 spiro atoms. The molecule has 100 valence electrons. The summed E-state index contributed by atoms with van der Waals surface area (Å²) in [5.41, 5.74) is 1.04. The topological polar surface area (TPSA) is 29.1 Å². The van der Waals surface area contributed by atoms with Crippen LogP contribution >= 0.6 is 11.6 Å². The molecule has 2 unspecified atom stereocenters. The number of halogens is 1. The predicted molar refractivity (Wildman–Crippen MR) is 76.7 cm³/mol. The lowest BCUT2D eigenvalue weighted by Crippen LogP contribution is -2.31. The summed E-state index contributed by atoms with van der Waals surface area (Å²) in [4.78, 5) is 11.8. The molecule has 0 aliphatic carbocycles. The molecule has 1 amide bonds. The van der Waals surface area contributed by atoms with Crippen LogP contribution in [0.25, 0.3) is 0 Å². The fraction of sp³-hybridized carbons (Fsp3) is 0.533. The van der Waals surface area contributed by atoms with Crippen molar-refractivity contribution in [1.29, 1.82) is 0 Å². The van der Waals surface area contributed by atoms with Crippen LogP contribution in [0.15, 0.2) is 30.3 Å². The SMILES string of the molecule is CCCCC(C)C(=O)NCC(Cl)c1ccccc1. The highest BCUT2D eigenvalue weighted by Crippen LogP contribution is 2.19. The van der Waals surface area contributed by atoms with Gasteiger partial charge in [0.2, 0.25) is 5.91 Å². The number of hydrogen-bond donors (Lipinski definition) is 1. The van der Waals surface area contributed by atoms with Gasteiger partial charge in [-0.05, 0) is 12.0 Å². The number of rotatable bonds is 7. The van der Waals surface area contributed by atoms with Gasteiger partial charge in [-0.1, -0.05) is 57.0 Å². The van der Waals surface area contributed by atoms with Gasteiger partial charge in [-0.15, -0.1) is 11.6 Å². The van der Waals surface area contributed by atoms with Crippen molar-refractivity contribution in [1.82, 2.24) is 5.32 Å². The second-order valence-corrected chi connectivity index (χ2v) is 5.19. The molecule has 3 heteroatoms. The van der Waals surface area contributed by atoms with Crippen LogP contribution in [0.1, 0.15) is 44.1 Å². The van der Waals surface area contributed by atoms with Crippen molar-refractivity contribution in [2.45, 2.75) is 38.5 Å². The molecule has 1 rings (SSSR count). The Labute approximate surface area is 115 Å². The van der Waals surface area contributed by atoms with E-state index >= 15 is 0 Å². The molecular formula is C15H22ClNO. The molecule has 0 saturated heterocycles. The number of benzene rings is 1. The lowest BCUT2D eigenvalue weighted by Gasteiger charge is -2.14. The Bertz CT molecular complexity index is 353. The molecule has 0 bridgehead atoms. The molecule has 1 N–H and O–H groups in total. The van der Waals surface area contributed by atoms with E-state index in [0.717, 1.165) is 24.8 Å². The van der Waals surface area contributed by atoms with Gasteiger partial charge in [-0.25, -0.2) is 0 Å². The number of amides is 1. The Morgan fingerprint density at radius 1 is 1.33 bits per heavy atom. The number of alkyl halides is 1. The monoisotopic (exact) mass is 267 g/mol. The summed E-state index contributed by atoms with van der Waals surface area (Å²) in [6.45, 7) is 4.59. The minimum Gasteiger partial charge on any atom is -0.354 e. The molecule has 0 heterocycles. The molecule has 18 heavy (non-hydrogen) atoms. The average Bonchev–Trinajstić information content (AvgIpc) is 2.42. The summed E-state index contributed by atoms with van der Waals surface area (Å²) in [6, 6.07) is 9.82. The van der Waals surface area contributed by atoms with Crippen LogP contribution in [0.3, 0.4) is 0 Å². The van der Waals surface area contributed by atoms with Gasteiger partial charge in [-0.2, -0.15) is 0 Å². The van der Waals surface area contributed by atoms with Gasteiger partial charge in [0.15, 0.2) is 0 Å². The van der Waals surface area contributed by atoms with Crippen molar-refractivity contribution in [3.63, 3.8) is 0 Å². The van der Waals surface area contributed by atoms with Gasteiger partial charge in [0, 0.05) is 12.5 Å². The summed E-state index contributed by atoms with van der Waals surface area (Å²) >= 11 is 6.24. The van der Waals surface area contributed by atoms with Crippen molar-refractivity contribution in [2.24, 2.45) is 5.92 Å². The first kappa shape index (κ1) is 15.0. The summed E-state index contributed by atoms with van der Waals surface area (Å²) in [6.07, 6.45) is 3.16. The third-order valence-corrected chi connectivity index (χ3v) is 3.46. The van der Waals surface area contributed by atoms with Crippen molar-refractivity contribution in [2.75, 3.05) is 6.54 Å². The van der Waals surface area contributed by atoms with Crippen LogP contribution in [0.5, 0.6) is 0 Å². The van der Waals surface area contributed by atoms with Gasteiger partial charge in [0.1, 0.15) is 0 Å². The summed E-state index contributed by atoms with van der Waals surface area (Å²) < 4.78 is 0. The fourth-order valence-electron chi connectivity index (χ4n) is 1.79. The Balaban J connectivity index is 2.34. The maximum absolute atomic E-state index is 11.8. The second kappa shape index (κ2) is 8.15. The predicted octanol–water partition coefficient (Wildman–Crippen LogP) is 3.91. The average molecular weight is 268 g/mol. The number of unbranched alkanes of at least 4 members (excludes halogenated alkanes) is 1. The standard InChI is InChI=1S/C15H22ClNO/c1-3-4-8-12(2)15(18)17-11-14(16)13-9-6-5-7-10-13/h5-7,9-10,12,14H,3-4,8,11H2,1-2H3,(H,17,18). The Hall–Kier alpha value is -1.02. The maximum atomic E-state index is 11.8. The molecule has 0 fully saturated rings. The van der Waals surface area contributed by atoms with E-state index in [1.807, 2.05) is 37.3 Å². The van der Waals surface area contributed by atoms with Crippen LogP contribution in [0.2, 0.25) is 0 Å². The van der Waals surface area contributed by atoms with E-state index in [-0.39, 0.29) is 17.2 Å². The van der Waals surface area contributed by atoms with E-state index < -0.39 is 0 Å². The first-order chi connectivity index (χ1) is 8.65. The van der Waals surface area contributed by atoms with E-state index in [1.54, 1.807) is 0 Å². The quantitative estimate of drug-likeness (QED) is 0.746. The number of nitrogens with one attached hydrogen (secondary N) is 1. The number of carbonyl (C=O) groups is 1. The van der Waals surface area contributed by atoms with Crippen LogP contribution in [-0.2, 0) is 4.79 Å². The Kier molecular flexibility index (Phi) is 6.81. The van der Waals surface area contributed by atoms with E-state index in [9.17, 15) is 4.79 Å².